The molecule has 0 saturated carbocycles. The number of nitrogens with zero attached hydrogens (tertiary/aromatic N) is 1. The zero-order valence-electron chi connectivity index (χ0n) is 12.5. The van der Waals surface area contributed by atoms with Crippen LogP contribution in [0.25, 0.3) is 0 Å². The number of amides is 3. The van der Waals surface area contributed by atoms with Gasteiger partial charge in [-0.05, 0) is 19.3 Å². The molecule has 0 heterocycles. The second kappa shape index (κ2) is 9.98. The molecule has 8 nitrogen and oxygen atoms in total. The van der Waals surface area contributed by atoms with E-state index in [2.05, 4.69) is 5.32 Å². The van der Waals surface area contributed by atoms with Crippen molar-refractivity contribution in [1.82, 2.24) is 10.2 Å². The Hall–Kier alpha value is -1.83. The fourth-order valence-corrected chi connectivity index (χ4v) is 2.06. The van der Waals surface area contributed by atoms with Crippen LogP contribution in [0.5, 0.6) is 0 Å². The molecule has 0 spiro atoms. The number of aliphatic hydroxyl groups is 1. The smallest absolute Gasteiger partial charge is 0.326 e. The number of carbonyl (C=O) groups is 3. The Balaban J connectivity index is 4.81. The van der Waals surface area contributed by atoms with E-state index in [0.29, 0.717) is 12.8 Å². The number of nitrogens with two attached hydrogens (primary N) is 1. The highest BCUT2D eigenvalue weighted by atomic mass is 16.4. The number of hydrogen-bond donors (Lipinski definition) is 4. The Kier molecular flexibility index (Phi) is 9.11. The van der Waals surface area contributed by atoms with Crippen LogP contribution >= 0.6 is 0 Å². The fourth-order valence-electron chi connectivity index (χ4n) is 2.06. The number of aliphatic carboxylic acids is 1. The summed E-state index contributed by atoms with van der Waals surface area (Å²) in [6, 6.07) is -1.82. The van der Waals surface area contributed by atoms with Crippen LogP contribution in [0, 0.1) is 0 Å². The van der Waals surface area contributed by atoms with Gasteiger partial charge in [0.05, 0.1) is 6.61 Å². The van der Waals surface area contributed by atoms with Gasteiger partial charge in [-0.25, -0.2) is 9.59 Å². The third kappa shape index (κ3) is 6.94. The van der Waals surface area contributed by atoms with Crippen molar-refractivity contribution in [3.63, 3.8) is 0 Å². The maximum atomic E-state index is 12.2. The molecule has 0 aromatic heterocycles. The Bertz CT molecular complexity index is 358. The first-order valence-electron chi connectivity index (χ1n) is 7.06. The number of urea groups is 1. The lowest BCUT2D eigenvalue weighted by Crippen LogP contribution is -2.52. The van der Waals surface area contributed by atoms with Gasteiger partial charge in [0.25, 0.3) is 0 Å². The van der Waals surface area contributed by atoms with Crippen LogP contribution in [0.2, 0.25) is 0 Å². The van der Waals surface area contributed by atoms with Crippen LogP contribution in [0.15, 0.2) is 0 Å². The van der Waals surface area contributed by atoms with E-state index in [1.807, 2.05) is 13.8 Å². The summed E-state index contributed by atoms with van der Waals surface area (Å²) in [6.45, 7) is 3.74. The molecule has 122 valence electrons. The molecule has 0 unspecified atom stereocenters. The maximum Gasteiger partial charge on any atom is 0.326 e. The Morgan fingerprint density at radius 2 is 1.81 bits per heavy atom. The van der Waals surface area contributed by atoms with Gasteiger partial charge in [0.2, 0.25) is 5.91 Å². The molecular formula is C13H25N3O5. The summed E-state index contributed by atoms with van der Waals surface area (Å²) in [6.07, 6.45) is 1.21. The van der Waals surface area contributed by atoms with E-state index < -0.39 is 23.9 Å². The van der Waals surface area contributed by atoms with Crippen molar-refractivity contribution in [3.8, 4) is 0 Å². The lowest BCUT2D eigenvalue weighted by Gasteiger charge is -2.31. The number of aliphatic hydroxyl groups excluding tert-OH is 1. The van der Waals surface area contributed by atoms with E-state index in [4.69, 9.17) is 15.9 Å². The van der Waals surface area contributed by atoms with Crippen molar-refractivity contribution in [3.05, 3.63) is 0 Å². The summed E-state index contributed by atoms with van der Waals surface area (Å²) in [7, 11) is 0. The first-order chi connectivity index (χ1) is 9.87. The minimum absolute atomic E-state index is 0.0632. The quantitative estimate of drug-likeness (QED) is 0.447. The van der Waals surface area contributed by atoms with Gasteiger partial charge in [0, 0.05) is 19.0 Å². The molecule has 0 saturated heterocycles. The Morgan fingerprint density at radius 3 is 2.19 bits per heavy atom. The molecule has 5 N–H and O–H groups in total. The normalized spacial score (nSPS) is 12.0. The monoisotopic (exact) mass is 303 g/mol. The number of carbonyl (C=O) groups excluding carboxylic acids is 2. The minimum Gasteiger partial charge on any atom is -0.480 e. The standard InChI is InChI=1S/C13H25N3O5/c1-3-9(4-2)16(7-8-17)13(21)15-10(12(19)20)5-6-11(14)18/h9-10,17H,3-8H2,1-2H3,(H2,14,18)(H,15,21)(H,19,20)/t10-/m0/s1. The van der Waals surface area contributed by atoms with E-state index in [1.54, 1.807) is 0 Å². The van der Waals surface area contributed by atoms with Crippen molar-refractivity contribution in [1.29, 1.82) is 0 Å². The van der Waals surface area contributed by atoms with Crippen LogP contribution in [0.4, 0.5) is 4.79 Å². The number of primary amides is 1. The van der Waals surface area contributed by atoms with Crippen molar-refractivity contribution in [2.45, 2.75) is 51.6 Å². The van der Waals surface area contributed by atoms with Crippen LogP contribution < -0.4 is 11.1 Å². The first-order valence-corrected chi connectivity index (χ1v) is 7.06. The highest BCUT2D eigenvalue weighted by molar-refractivity contribution is 5.83. The molecule has 21 heavy (non-hydrogen) atoms. The average molecular weight is 303 g/mol. The first kappa shape index (κ1) is 19.2. The maximum absolute atomic E-state index is 12.2. The van der Waals surface area contributed by atoms with Gasteiger partial charge < -0.3 is 26.2 Å². The molecular weight excluding hydrogens is 278 g/mol. The van der Waals surface area contributed by atoms with E-state index in [1.165, 1.54) is 4.90 Å². The Labute approximate surface area is 124 Å². The summed E-state index contributed by atoms with van der Waals surface area (Å²) >= 11 is 0. The molecule has 0 bridgehead atoms. The van der Waals surface area contributed by atoms with Gasteiger partial charge in [0.15, 0.2) is 0 Å². The third-order valence-electron chi connectivity index (χ3n) is 3.26. The number of rotatable bonds is 10. The fraction of sp³-hybridized carbons (Fsp3) is 0.769. The number of carboxylic acid groups (broad SMARTS) is 1. The van der Waals surface area contributed by atoms with Crippen LogP contribution in [-0.4, -0.2) is 58.3 Å². The minimum atomic E-state index is -1.22. The predicted molar refractivity (Wildman–Crippen MR) is 76.5 cm³/mol. The molecule has 3 amide bonds. The van der Waals surface area contributed by atoms with Gasteiger partial charge in [-0.2, -0.15) is 0 Å². The zero-order chi connectivity index (χ0) is 16.4. The number of nitrogens with one attached hydrogen (secondary N) is 1. The highest BCUT2D eigenvalue weighted by Crippen LogP contribution is 2.09. The zero-order valence-corrected chi connectivity index (χ0v) is 12.5. The van der Waals surface area contributed by atoms with Crippen LogP contribution in [-0.2, 0) is 9.59 Å². The largest absolute Gasteiger partial charge is 0.480 e. The second-order valence-electron chi connectivity index (χ2n) is 4.73. The lowest BCUT2D eigenvalue weighted by atomic mass is 10.1. The van der Waals surface area contributed by atoms with Crippen LogP contribution in [0.3, 0.4) is 0 Å². The van der Waals surface area contributed by atoms with Gasteiger partial charge >= 0.3 is 12.0 Å². The molecule has 8 heteroatoms. The summed E-state index contributed by atoms with van der Waals surface area (Å²) in [5, 5.41) is 20.5. The summed E-state index contributed by atoms with van der Waals surface area (Å²) in [4.78, 5) is 35.4. The molecule has 0 fully saturated rings. The summed E-state index contributed by atoms with van der Waals surface area (Å²) in [5.41, 5.74) is 4.98. The lowest BCUT2D eigenvalue weighted by molar-refractivity contribution is -0.139. The molecule has 0 aliphatic heterocycles. The molecule has 0 rings (SSSR count). The van der Waals surface area contributed by atoms with Crippen molar-refractivity contribution in [2.24, 2.45) is 5.73 Å². The average Bonchev–Trinajstić information content (AvgIpc) is 2.42. The SMILES string of the molecule is CCC(CC)N(CCO)C(=O)N[C@@H](CCC(N)=O)C(=O)O. The van der Waals surface area contributed by atoms with Crippen molar-refractivity contribution < 1.29 is 24.6 Å². The third-order valence-corrected chi connectivity index (χ3v) is 3.26. The van der Waals surface area contributed by atoms with Gasteiger partial charge in [-0.3, -0.25) is 4.79 Å². The predicted octanol–water partition coefficient (Wildman–Crippen LogP) is -0.102. The molecule has 0 radical (unpaired) electrons. The van der Waals surface area contributed by atoms with Gasteiger partial charge in [-0.1, -0.05) is 13.8 Å². The van der Waals surface area contributed by atoms with Crippen molar-refractivity contribution >= 4 is 17.9 Å². The van der Waals surface area contributed by atoms with Gasteiger partial charge in [0.1, 0.15) is 6.04 Å². The molecule has 1 atom stereocenters. The van der Waals surface area contributed by atoms with E-state index in [9.17, 15) is 14.4 Å². The number of carboxylic acids is 1. The molecule has 0 aromatic rings. The molecule has 0 aliphatic carbocycles. The number of hydrogen-bond acceptors (Lipinski definition) is 4. The summed E-state index contributed by atoms with van der Waals surface area (Å²) < 4.78 is 0. The Morgan fingerprint density at radius 1 is 1.24 bits per heavy atom. The van der Waals surface area contributed by atoms with Crippen LogP contribution in [0.1, 0.15) is 39.5 Å². The second-order valence-corrected chi connectivity index (χ2v) is 4.73. The van der Waals surface area contributed by atoms with Gasteiger partial charge in [-0.15, -0.1) is 0 Å². The highest BCUT2D eigenvalue weighted by Gasteiger charge is 2.26. The molecule has 0 aromatic carbocycles. The topological polar surface area (TPSA) is 133 Å². The van der Waals surface area contributed by atoms with E-state index in [0.717, 1.165) is 0 Å². The van der Waals surface area contributed by atoms with E-state index in [-0.39, 0.29) is 32.0 Å². The van der Waals surface area contributed by atoms with E-state index >= 15 is 0 Å². The summed E-state index contributed by atoms with van der Waals surface area (Å²) in [5.74, 6) is -1.85. The van der Waals surface area contributed by atoms with Crippen molar-refractivity contribution in [2.75, 3.05) is 13.2 Å². The molecule has 0 aliphatic rings.